The molecule has 108 valence electrons. The summed E-state index contributed by atoms with van der Waals surface area (Å²) < 4.78 is 2.26. The van der Waals surface area contributed by atoms with Crippen LogP contribution < -0.4 is 0 Å². The second-order valence-corrected chi connectivity index (χ2v) is 5.61. The maximum Gasteiger partial charge on any atom is 0.124 e. The van der Waals surface area contributed by atoms with Gasteiger partial charge >= 0.3 is 0 Å². The maximum absolute atomic E-state index is 6.07. The van der Waals surface area contributed by atoms with Gasteiger partial charge in [-0.2, -0.15) is 0 Å². The molecule has 0 radical (unpaired) electrons. The number of hydrogen-bond acceptors (Lipinski definition) is 1. The molecule has 1 heterocycles. The van der Waals surface area contributed by atoms with Gasteiger partial charge in [-0.15, -0.1) is 11.6 Å². The van der Waals surface area contributed by atoms with Gasteiger partial charge in [0.1, 0.15) is 5.82 Å². The predicted octanol–water partition coefficient (Wildman–Crippen LogP) is 4.72. The normalized spacial score (nSPS) is 11.1. The number of imidazole rings is 1. The summed E-state index contributed by atoms with van der Waals surface area (Å²) in [5.74, 6) is 1.42. The molecular formula is C18H19ClN2. The predicted molar refractivity (Wildman–Crippen MR) is 88.8 cm³/mol. The van der Waals surface area contributed by atoms with E-state index in [9.17, 15) is 0 Å². The van der Waals surface area contributed by atoms with Crippen molar-refractivity contribution in [2.24, 2.45) is 0 Å². The van der Waals surface area contributed by atoms with E-state index in [2.05, 4.69) is 65.0 Å². The lowest BCUT2D eigenvalue weighted by Crippen LogP contribution is -2.03. The largest absolute Gasteiger partial charge is 0.327 e. The van der Waals surface area contributed by atoms with Crippen LogP contribution in [0.25, 0.3) is 11.0 Å². The van der Waals surface area contributed by atoms with Gasteiger partial charge in [-0.1, -0.05) is 42.5 Å². The second-order valence-electron chi connectivity index (χ2n) is 5.35. The van der Waals surface area contributed by atoms with Crippen molar-refractivity contribution >= 4 is 22.6 Å². The third-order valence-electron chi connectivity index (χ3n) is 3.87. The molecule has 3 heteroatoms. The molecule has 0 saturated heterocycles. The standard InChI is InChI=1S/C18H19ClN2/c1-14-7-5-11-16-18(14)20-17(13-19)21(16)12-6-10-15-8-3-2-4-9-15/h2-5,7-9,11H,6,10,12-13H2,1H3. The average Bonchev–Trinajstić information content (AvgIpc) is 2.88. The first-order valence-electron chi connectivity index (χ1n) is 7.34. The molecule has 3 aromatic rings. The number of nitrogens with zero attached hydrogens (tertiary/aromatic N) is 2. The molecule has 0 bridgehead atoms. The van der Waals surface area contributed by atoms with Gasteiger partial charge in [0.2, 0.25) is 0 Å². The summed E-state index contributed by atoms with van der Waals surface area (Å²) in [7, 11) is 0. The Morgan fingerprint density at radius 2 is 1.86 bits per heavy atom. The lowest BCUT2D eigenvalue weighted by atomic mass is 10.1. The molecule has 3 rings (SSSR count). The first kappa shape index (κ1) is 14.2. The Balaban J connectivity index is 1.81. The Morgan fingerprint density at radius 3 is 2.62 bits per heavy atom. The van der Waals surface area contributed by atoms with E-state index < -0.39 is 0 Å². The number of para-hydroxylation sites is 1. The Hall–Kier alpha value is -1.80. The zero-order chi connectivity index (χ0) is 14.7. The van der Waals surface area contributed by atoms with Gasteiger partial charge in [-0.3, -0.25) is 0 Å². The Morgan fingerprint density at radius 1 is 1.05 bits per heavy atom. The van der Waals surface area contributed by atoms with Crippen molar-refractivity contribution in [3.63, 3.8) is 0 Å². The SMILES string of the molecule is Cc1cccc2c1nc(CCl)n2CCCc1ccccc1. The average molecular weight is 299 g/mol. The monoisotopic (exact) mass is 298 g/mol. The summed E-state index contributed by atoms with van der Waals surface area (Å²) >= 11 is 6.07. The van der Waals surface area contributed by atoms with Crippen molar-refractivity contribution in [2.45, 2.75) is 32.2 Å². The van der Waals surface area contributed by atoms with Crippen LogP contribution in [-0.2, 0) is 18.8 Å². The van der Waals surface area contributed by atoms with Crippen LogP contribution in [0.3, 0.4) is 0 Å². The third kappa shape index (κ3) is 2.96. The molecule has 0 spiro atoms. The van der Waals surface area contributed by atoms with Crippen LogP contribution in [0.4, 0.5) is 0 Å². The van der Waals surface area contributed by atoms with Gasteiger partial charge in [0.25, 0.3) is 0 Å². The zero-order valence-corrected chi connectivity index (χ0v) is 13.0. The fourth-order valence-electron chi connectivity index (χ4n) is 2.77. The van der Waals surface area contributed by atoms with E-state index >= 15 is 0 Å². The van der Waals surface area contributed by atoms with E-state index in [4.69, 9.17) is 11.6 Å². The van der Waals surface area contributed by atoms with Crippen LogP contribution >= 0.6 is 11.6 Å². The Labute approximate surface area is 130 Å². The van der Waals surface area contributed by atoms with Crippen LogP contribution in [0.2, 0.25) is 0 Å². The van der Waals surface area contributed by atoms with Gasteiger partial charge in [0, 0.05) is 6.54 Å². The number of aryl methyl sites for hydroxylation is 3. The van der Waals surface area contributed by atoms with Crippen molar-refractivity contribution in [1.82, 2.24) is 9.55 Å². The van der Waals surface area contributed by atoms with Gasteiger partial charge in [0.05, 0.1) is 16.9 Å². The van der Waals surface area contributed by atoms with Crippen molar-refractivity contribution < 1.29 is 0 Å². The molecular weight excluding hydrogens is 280 g/mol. The Bertz CT molecular complexity index is 732. The molecule has 0 aliphatic rings. The van der Waals surface area contributed by atoms with E-state index in [0.717, 1.165) is 30.7 Å². The topological polar surface area (TPSA) is 17.8 Å². The molecule has 0 N–H and O–H groups in total. The summed E-state index contributed by atoms with van der Waals surface area (Å²) in [4.78, 5) is 4.69. The highest BCUT2D eigenvalue weighted by atomic mass is 35.5. The molecule has 0 aliphatic carbocycles. The van der Waals surface area contributed by atoms with E-state index in [-0.39, 0.29) is 0 Å². The number of hydrogen-bond donors (Lipinski definition) is 0. The highest BCUT2D eigenvalue weighted by molar-refractivity contribution is 6.16. The van der Waals surface area contributed by atoms with Crippen LogP contribution in [0.15, 0.2) is 48.5 Å². The minimum Gasteiger partial charge on any atom is -0.327 e. The van der Waals surface area contributed by atoms with Crippen molar-refractivity contribution in [3.8, 4) is 0 Å². The summed E-state index contributed by atoms with van der Waals surface area (Å²) in [5.41, 5.74) is 4.86. The molecule has 0 amide bonds. The fraction of sp³-hybridized carbons (Fsp3) is 0.278. The summed E-state index contributed by atoms with van der Waals surface area (Å²) in [6.07, 6.45) is 2.17. The highest BCUT2D eigenvalue weighted by Crippen LogP contribution is 2.21. The van der Waals surface area contributed by atoms with E-state index in [1.54, 1.807) is 0 Å². The lowest BCUT2D eigenvalue weighted by molar-refractivity contribution is 0.638. The van der Waals surface area contributed by atoms with Crippen LogP contribution in [0.5, 0.6) is 0 Å². The molecule has 0 atom stereocenters. The maximum atomic E-state index is 6.07. The lowest BCUT2D eigenvalue weighted by Gasteiger charge is -2.08. The highest BCUT2D eigenvalue weighted by Gasteiger charge is 2.10. The number of alkyl halides is 1. The van der Waals surface area contributed by atoms with Crippen molar-refractivity contribution in [1.29, 1.82) is 0 Å². The number of benzene rings is 2. The van der Waals surface area contributed by atoms with Gasteiger partial charge < -0.3 is 4.57 Å². The number of fused-ring (bicyclic) bond motifs is 1. The van der Waals surface area contributed by atoms with E-state index in [0.29, 0.717) is 5.88 Å². The molecule has 1 aromatic heterocycles. The first-order valence-corrected chi connectivity index (χ1v) is 7.87. The first-order chi connectivity index (χ1) is 10.3. The van der Waals surface area contributed by atoms with Gasteiger partial charge in [-0.05, 0) is 37.0 Å². The molecule has 2 nitrogen and oxygen atoms in total. The van der Waals surface area contributed by atoms with Crippen molar-refractivity contribution in [3.05, 3.63) is 65.5 Å². The number of halogens is 1. The second kappa shape index (κ2) is 6.31. The smallest absolute Gasteiger partial charge is 0.124 e. The van der Waals surface area contributed by atoms with Crippen molar-refractivity contribution in [2.75, 3.05) is 0 Å². The molecule has 0 aliphatic heterocycles. The third-order valence-corrected chi connectivity index (χ3v) is 4.11. The van der Waals surface area contributed by atoms with Crippen LogP contribution in [-0.4, -0.2) is 9.55 Å². The van der Waals surface area contributed by atoms with Gasteiger partial charge in [-0.25, -0.2) is 4.98 Å². The molecule has 21 heavy (non-hydrogen) atoms. The summed E-state index contributed by atoms with van der Waals surface area (Å²) in [6, 6.07) is 16.9. The quantitative estimate of drug-likeness (QED) is 0.623. The minimum absolute atomic E-state index is 0.458. The molecule has 0 saturated carbocycles. The zero-order valence-electron chi connectivity index (χ0n) is 12.2. The van der Waals surface area contributed by atoms with Crippen LogP contribution in [0, 0.1) is 6.92 Å². The fourth-order valence-corrected chi connectivity index (χ4v) is 2.98. The summed E-state index contributed by atoms with van der Waals surface area (Å²) in [6.45, 7) is 3.05. The molecule has 0 unspecified atom stereocenters. The summed E-state index contributed by atoms with van der Waals surface area (Å²) in [5, 5.41) is 0. The molecule has 2 aromatic carbocycles. The number of rotatable bonds is 5. The van der Waals surface area contributed by atoms with Crippen LogP contribution in [0.1, 0.15) is 23.4 Å². The number of aromatic nitrogens is 2. The minimum atomic E-state index is 0.458. The molecule has 0 fully saturated rings. The Kier molecular flexibility index (Phi) is 4.26. The van der Waals surface area contributed by atoms with E-state index in [1.807, 2.05) is 0 Å². The van der Waals surface area contributed by atoms with Gasteiger partial charge in [0.15, 0.2) is 0 Å². The van der Waals surface area contributed by atoms with E-state index in [1.165, 1.54) is 16.6 Å².